The molecular formula is C23H27NO3. The third-order valence-electron chi connectivity index (χ3n) is 4.17. The van der Waals surface area contributed by atoms with Crippen LogP contribution in [0.5, 0.6) is 0 Å². The van der Waals surface area contributed by atoms with Crippen LogP contribution in [0.1, 0.15) is 20.8 Å². The average Bonchev–Trinajstić information content (AvgIpc) is 2.88. The van der Waals surface area contributed by atoms with Gasteiger partial charge in [0.05, 0.1) is 5.76 Å². The van der Waals surface area contributed by atoms with Gasteiger partial charge in [0, 0.05) is 5.57 Å². The number of hydrogen-bond donors (Lipinski definition) is 3. The Morgan fingerprint density at radius 2 is 1.78 bits per heavy atom. The Balaban J connectivity index is 3.95. The van der Waals surface area contributed by atoms with E-state index in [1.807, 2.05) is 13.0 Å². The zero-order valence-electron chi connectivity index (χ0n) is 16.1. The molecule has 1 atom stereocenters. The fourth-order valence-corrected chi connectivity index (χ4v) is 3.05. The highest BCUT2D eigenvalue weighted by atomic mass is 16.3. The monoisotopic (exact) mass is 365 g/mol. The van der Waals surface area contributed by atoms with Crippen LogP contribution >= 0.6 is 0 Å². The molecule has 1 unspecified atom stereocenters. The Labute approximate surface area is 161 Å². The number of nitrogens with one attached hydrogen (secondary N) is 1. The number of amides is 1. The highest BCUT2D eigenvalue weighted by molar-refractivity contribution is 6.05. The molecule has 0 bridgehead atoms. The largest absolute Gasteiger partial charge is 0.513 e. The maximum atomic E-state index is 12.7. The summed E-state index contributed by atoms with van der Waals surface area (Å²) in [5, 5.41) is 22.1. The van der Waals surface area contributed by atoms with Crippen LogP contribution in [0.3, 0.4) is 0 Å². The summed E-state index contributed by atoms with van der Waals surface area (Å²) < 4.78 is 0. The van der Waals surface area contributed by atoms with Gasteiger partial charge in [-0.15, -0.1) is 0 Å². The van der Waals surface area contributed by atoms with Crippen molar-refractivity contribution in [3.63, 3.8) is 0 Å². The Kier molecular flexibility index (Phi) is 7.61. The summed E-state index contributed by atoms with van der Waals surface area (Å²) in [6, 6.07) is 0. The molecule has 1 saturated heterocycles. The number of carbonyl (C=O) groups is 1. The number of aliphatic hydroxyl groups excluding tert-OH is 2. The van der Waals surface area contributed by atoms with E-state index in [0.29, 0.717) is 22.3 Å². The van der Waals surface area contributed by atoms with Crippen LogP contribution in [0, 0.1) is 0 Å². The summed E-state index contributed by atoms with van der Waals surface area (Å²) >= 11 is 0. The topological polar surface area (TPSA) is 69.6 Å². The van der Waals surface area contributed by atoms with Crippen molar-refractivity contribution < 1.29 is 15.0 Å². The standard InChI is InChI=1S/C23H27NO3/c1-7-11-21-20(10-4)22(27)24-23(21,18(8-2)14-12-16(5)25)19(9-3)15-13-17(6)26/h7-15,25-26H,1-2,6H2,3-5H3,(H,24,27)/b15-13-,16-12+,18-14+,19-9+,20-10+,21-11?. The summed E-state index contributed by atoms with van der Waals surface area (Å²) in [5.74, 6) is -0.223. The van der Waals surface area contributed by atoms with Crippen molar-refractivity contribution in [2.24, 2.45) is 0 Å². The predicted molar refractivity (Wildman–Crippen MR) is 112 cm³/mol. The van der Waals surface area contributed by atoms with Crippen LogP contribution in [-0.2, 0) is 4.79 Å². The first-order valence-corrected chi connectivity index (χ1v) is 8.54. The highest BCUT2D eigenvalue weighted by Crippen LogP contribution is 2.43. The van der Waals surface area contributed by atoms with E-state index < -0.39 is 5.54 Å². The van der Waals surface area contributed by atoms with Gasteiger partial charge in [0.15, 0.2) is 0 Å². The highest BCUT2D eigenvalue weighted by Gasteiger charge is 2.48. The van der Waals surface area contributed by atoms with Crippen LogP contribution in [0.2, 0.25) is 0 Å². The molecule has 1 aliphatic heterocycles. The van der Waals surface area contributed by atoms with Crippen LogP contribution < -0.4 is 5.32 Å². The lowest BCUT2D eigenvalue weighted by Crippen LogP contribution is -2.45. The van der Waals surface area contributed by atoms with Crippen molar-refractivity contribution in [1.29, 1.82) is 0 Å². The second-order valence-electron chi connectivity index (χ2n) is 5.93. The van der Waals surface area contributed by atoms with Gasteiger partial charge in [-0.3, -0.25) is 4.79 Å². The van der Waals surface area contributed by atoms with E-state index in [2.05, 4.69) is 25.1 Å². The van der Waals surface area contributed by atoms with Gasteiger partial charge < -0.3 is 15.5 Å². The molecule has 0 saturated carbocycles. The van der Waals surface area contributed by atoms with Crippen molar-refractivity contribution in [2.75, 3.05) is 0 Å². The molecule has 4 heteroatoms. The molecule has 1 aliphatic rings. The molecule has 27 heavy (non-hydrogen) atoms. The van der Waals surface area contributed by atoms with Crippen LogP contribution in [-0.4, -0.2) is 21.7 Å². The molecule has 0 aromatic carbocycles. The van der Waals surface area contributed by atoms with Crippen molar-refractivity contribution in [2.45, 2.75) is 26.3 Å². The normalized spacial score (nSPS) is 24.6. The van der Waals surface area contributed by atoms with E-state index in [9.17, 15) is 15.0 Å². The molecule has 142 valence electrons. The van der Waals surface area contributed by atoms with E-state index in [-0.39, 0.29) is 17.4 Å². The smallest absolute Gasteiger partial charge is 0.252 e. The van der Waals surface area contributed by atoms with Crippen LogP contribution in [0.15, 0.2) is 108 Å². The molecule has 0 aliphatic carbocycles. The van der Waals surface area contributed by atoms with Gasteiger partial charge in [0.1, 0.15) is 11.3 Å². The minimum atomic E-state index is -1.05. The molecular weight excluding hydrogens is 338 g/mol. The van der Waals surface area contributed by atoms with E-state index in [1.165, 1.54) is 12.2 Å². The fraction of sp³-hybridized carbons (Fsp3) is 0.174. The van der Waals surface area contributed by atoms with Gasteiger partial charge in [0.2, 0.25) is 0 Å². The minimum absolute atomic E-state index is 0.107. The Bertz CT molecular complexity index is 828. The Morgan fingerprint density at radius 1 is 1.11 bits per heavy atom. The van der Waals surface area contributed by atoms with Crippen molar-refractivity contribution in [1.82, 2.24) is 5.32 Å². The second-order valence-corrected chi connectivity index (χ2v) is 5.93. The third kappa shape index (κ3) is 4.47. The third-order valence-corrected chi connectivity index (χ3v) is 4.17. The Morgan fingerprint density at radius 3 is 2.22 bits per heavy atom. The first-order valence-electron chi connectivity index (χ1n) is 8.54. The second kappa shape index (κ2) is 9.43. The van der Waals surface area contributed by atoms with E-state index in [4.69, 9.17) is 0 Å². The summed E-state index contributed by atoms with van der Waals surface area (Å²) in [6.07, 6.45) is 15.0. The van der Waals surface area contributed by atoms with E-state index in [0.717, 1.165) is 0 Å². The number of carbonyl (C=O) groups excluding carboxylic acids is 1. The number of allylic oxidation sites excluding steroid dienone is 8. The molecule has 1 amide bonds. The lowest BCUT2D eigenvalue weighted by molar-refractivity contribution is -0.116. The van der Waals surface area contributed by atoms with E-state index >= 15 is 0 Å². The molecule has 0 aromatic heterocycles. The van der Waals surface area contributed by atoms with Crippen molar-refractivity contribution in [3.8, 4) is 0 Å². The number of rotatable bonds is 7. The summed E-state index contributed by atoms with van der Waals surface area (Å²) in [4.78, 5) is 12.7. The van der Waals surface area contributed by atoms with Crippen LogP contribution in [0.25, 0.3) is 0 Å². The van der Waals surface area contributed by atoms with E-state index in [1.54, 1.807) is 50.3 Å². The average molecular weight is 365 g/mol. The SMILES string of the molecule is C=CC=C1/C(=C\C)C(=O)NC1(/C(C=C)=C/C=C(\C)O)C(/C=C\C(=C)O)=C/C. The van der Waals surface area contributed by atoms with Gasteiger partial charge in [-0.2, -0.15) is 0 Å². The maximum Gasteiger partial charge on any atom is 0.252 e. The van der Waals surface area contributed by atoms with Crippen molar-refractivity contribution >= 4 is 5.91 Å². The zero-order valence-corrected chi connectivity index (χ0v) is 16.1. The van der Waals surface area contributed by atoms with Gasteiger partial charge in [-0.1, -0.05) is 62.3 Å². The molecule has 0 aromatic rings. The lowest BCUT2D eigenvalue weighted by atomic mass is 9.75. The first kappa shape index (κ1) is 21.8. The number of aliphatic hydroxyl groups is 2. The molecule has 4 nitrogen and oxygen atoms in total. The van der Waals surface area contributed by atoms with Gasteiger partial charge >= 0.3 is 0 Å². The lowest BCUT2D eigenvalue weighted by Gasteiger charge is -2.34. The summed E-state index contributed by atoms with van der Waals surface area (Å²) in [5.41, 5.74) is 1.51. The number of hydrogen-bond acceptors (Lipinski definition) is 3. The minimum Gasteiger partial charge on any atom is -0.513 e. The molecule has 1 fully saturated rings. The predicted octanol–water partition coefficient (Wildman–Crippen LogP) is 5.06. The van der Waals surface area contributed by atoms with Crippen LogP contribution in [0.4, 0.5) is 0 Å². The van der Waals surface area contributed by atoms with Crippen molar-refractivity contribution in [3.05, 3.63) is 108 Å². The van der Waals surface area contributed by atoms with Gasteiger partial charge in [-0.25, -0.2) is 0 Å². The zero-order chi connectivity index (χ0) is 20.6. The summed E-state index contributed by atoms with van der Waals surface area (Å²) in [7, 11) is 0. The maximum absolute atomic E-state index is 12.7. The Hall–Kier alpha value is -3.27. The molecule has 0 spiro atoms. The molecule has 3 N–H and O–H groups in total. The summed E-state index contributed by atoms with van der Waals surface area (Å²) in [6.45, 7) is 16.3. The molecule has 1 heterocycles. The molecule has 1 rings (SSSR count). The van der Waals surface area contributed by atoms with Gasteiger partial charge in [0.25, 0.3) is 5.91 Å². The molecule has 0 radical (unpaired) electrons. The van der Waals surface area contributed by atoms with Gasteiger partial charge in [-0.05, 0) is 49.6 Å². The quantitative estimate of drug-likeness (QED) is 0.335. The fourth-order valence-electron chi connectivity index (χ4n) is 3.05. The first-order chi connectivity index (χ1) is 12.8.